The van der Waals surface area contributed by atoms with Gasteiger partial charge in [-0.05, 0) is 74.5 Å². The molecule has 2 aliphatic heterocycles. The molecule has 0 bridgehead atoms. The number of hydrogen-bond acceptors (Lipinski definition) is 3. The minimum atomic E-state index is 0.178. The van der Waals surface area contributed by atoms with Crippen LogP contribution in [0.25, 0.3) is 0 Å². The van der Waals surface area contributed by atoms with E-state index in [9.17, 15) is 4.79 Å². The Labute approximate surface area is 174 Å². The van der Waals surface area contributed by atoms with Crippen LogP contribution in [0.4, 0.5) is 0 Å². The van der Waals surface area contributed by atoms with Crippen LogP contribution >= 0.6 is 0 Å². The fraction of sp³-hybridized carbons (Fsp3) is 0.480. The average Bonchev–Trinajstić information content (AvgIpc) is 3.43. The molecule has 0 spiro atoms. The topological polar surface area (TPSA) is 32.8 Å². The largest absolute Gasteiger partial charge is 0.492 e. The highest BCUT2D eigenvalue weighted by Crippen LogP contribution is 2.24. The number of likely N-dealkylation sites (tertiary alicyclic amines) is 2. The molecule has 2 fully saturated rings. The van der Waals surface area contributed by atoms with Gasteiger partial charge in [0.05, 0.1) is 0 Å². The van der Waals surface area contributed by atoms with E-state index >= 15 is 0 Å². The fourth-order valence-electron chi connectivity index (χ4n) is 4.47. The van der Waals surface area contributed by atoms with Crippen LogP contribution < -0.4 is 4.74 Å². The summed E-state index contributed by atoms with van der Waals surface area (Å²) in [6.45, 7) is 7.97. The van der Waals surface area contributed by atoms with Gasteiger partial charge in [-0.3, -0.25) is 9.69 Å². The summed E-state index contributed by atoms with van der Waals surface area (Å²) in [6, 6.07) is 14.6. The van der Waals surface area contributed by atoms with Crippen LogP contribution in [-0.2, 0) is 6.42 Å². The van der Waals surface area contributed by atoms with E-state index in [-0.39, 0.29) is 5.91 Å². The first kappa shape index (κ1) is 20.0. The van der Waals surface area contributed by atoms with Gasteiger partial charge in [0, 0.05) is 31.6 Å². The third-order valence-corrected chi connectivity index (χ3v) is 6.15. The smallest absolute Gasteiger partial charge is 0.254 e. The Kier molecular flexibility index (Phi) is 6.50. The van der Waals surface area contributed by atoms with Crippen molar-refractivity contribution in [3.63, 3.8) is 0 Å². The van der Waals surface area contributed by atoms with Gasteiger partial charge in [0.1, 0.15) is 12.4 Å². The van der Waals surface area contributed by atoms with Gasteiger partial charge in [-0.1, -0.05) is 30.3 Å². The maximum atomic E-state index is 12.7. The molecule has 0 N–H and O–H groups in total. The maximum absolute atomic E-state index is 12.7. The maximum Gasteiger partial charge on any atom is 0.254 e. The summed E-state index contributed by atoms with van der Waals surface area (Å²) in [7, 11) is 0. The zero-order valence-electron chi connectivity index (χ0n) is 17.5. The minimum absolute atomic E-state index is 0.178. The van der Waals surface area contributed by atoms with E-state index < -0.39 is 0 Å². The van der Waals surface area contributed by atoms with E-state index in [1.54, 1.807) is 0 Å². The van der Waals surface area contributed by atoms with Crippen LogP contribution in [0.1, 0.15) is 52.7 Å². The Balaban J connectivity index is 1.40. The van der Waals surface area contributed by atoms with Crippen LogP contribution in [0.5, 0.6) is 5.75 Å². The summed E-state index contributed by atoms with van der Waals surface area (Å²) in [5.74, 6) is 1.15. The Hall–Kier alpha value is -2.33. The highest BCUT2D eigenvalue weighted by molar-refractivity contribution is 5.95. The molecule has 0 atom stereocenters. The van der Waals surface area contributed by atoms with Crippen LogP contribution in [-0.4, -0.2) is 55.0 Å². The summed E-state index contributed by atoms with van der Waals surface area (Å²) in [4.78, 5) is 17.2. The number of amides is 1. The SMILES string of the molecule is Cc1cc(Cc2ccccc2OCCN2CCCC2)ccc1C(=O)N1CCCC1. The van der Waals surface area contributed by atoms with Gasteiger partial charge < -0.3 is 9.64 Å². The molecule has 0 aromatic heterocycles. The zero-order chi connectivity index (χ0) is 20.1. The van der Waals surface area contributed by atoms with Crippen molar-refractivity contribution in [3.8, 4) is 5.75 Å². The van der Waals surface area contributed by atoms with Crippen LogP contribution in [0, 0.1) is 6.92 Å². The van der Waals surface area contributed by atoms with Crippen LogP contribution in [0.2, 0.25) is 0 Å². The number of hydrogen-bond donors (Lipinski definition) is 0. The number of rotatable bonds is 7. The number of para-hydroxylation sites is 1. The lowest BCUT2D eigenvalue weighted by Crippen LogP contribution is -2.28. The van der Waals surface area contributed by atoms with Gasteiger partial charge in [0.25, 0.3) is 5.91 Å². The van der Waals surface area contributed by atoms with Gasteiger partial charge in [-0.25, -0.2) is 0 Å². The third-order valence-electron chi connectivity index (χ3n) is 6.15. The Morgan fingerprint density at radius 2 is 1.69 bits per heavy atom. The quantitative estimate of drug-likeness (QED) is 0.704. The number of carbonyl (C=O) groups is 1. The highest BCUT2D eigenvalue weighted by atomic mass is 16.5. The molecule has 154 valence electrons. The van der Waals surface area contributed by atoms with Crippen molar-refractivity contribution in [2.24, 2.45) is 0 Å². The number of carbonyl (C=O) groups excluding carboxylic acids is 1. The third kappa shape index (κ3) is 4.99. The summed E-state index contributed by atoms with van der Waals surface area (Å²) in [5.41, 5.74) is 4.32. The molecule has 4 nitrogen and oxygen atoms in total. The Bertz CT molecular complexity index is 836. The second kappa shape index (κ2) is 9.45. The second-order valence-electron chi connectivity index (χ2n) is 8.33. The predicted octanol–water partition coefficient (Wildman–Crippen LogP) is 4.30. The van der Waals surface area contributed by atoms with E-state index in [2.05, 4.69) is 35.2 Å². The summed E-state index contributed by atoms with van der Waals surface area (Å²) >= 11 is 0. The molecule has 4 heteroatoms. The standard InChI is InChI=1S/C25H32N2O2/c1-20-18-21(10-11-23(20)25(28)27-14-6-7-15-27)19-22-8-2-3-9-24(22)29-17-16-26-12-4-5-13-26/h2-3,8-11,18H,4-7,12-17,19H2,1H3. The van der Waals surface area contributed by atoms with Crippen molar-refractivity contribution in [1.82, 2.24) is 9.80 Å². The lowest BCUT2D eigenvalue weighted by Gasteiger charge is -2.18. The predicted molar refractivity (Wildman–Crippen MR) is 117 cm³/mol. The Morgan fingerprint density at radius 1 is 0.966 bits per heavy atom. The molecule has 0 unspecified atom stereocenters. The van der Waals surface area contributed by atoms with Gasteiger partial charge in [-0.15, -0.1) is 0 Å². The van der Waals surface area contributed by atoms with Crippen molar-refractivity contribution >= 4 is 5.91 Å². The highest BCUT2D eigenvalue weighted by Gasteiger charge is 2.21. The molecule has 2 aliphatic rings. The van der Waals surface area contributed by atoms with Crippen molar-refractivity contribution in [2.45, 2.75) is 39.0 Å². The monoisotopic (exact) mass is 392 g/mol. The molecule has 0 aliphatic carbocycles. The molecule has 29 heavy (non-hydrogen) atoms. The van der Waals surface area contributed by atoms with Crippen molar-refractivity contribution in [1.29, 1.82) is 0 Å². The van der Waals surface area contributed by atoms with Gasteiger partial charge in [-0.2, -0.15) is 0 Å². The molecule has 2 heterocycles. The van der Waals surface area contributed by atoms with E-state index in [1.165, 1.54) is 37.1 Å². The van der Waals surface area contributed by atoms with Crippen molar-refractivity contribution in [2.75, 3.05) is 39.3 Å². The molecular formula is C25H32N2O2. The first-order chi connectivity index (χ1) is 14.2. The summed E-state index contributed by atoms with van der Waals surface area (Å²) in [5, 5.41) is 0. The zero-order valence-corrected chi connectivity index (χ0v) is 17.5. The molecule has 2 aromatic rings. The average molecular weight is 393 g/mol. The van der Waals surface area contributed by atoms with Gasteiger partial charge in [0.15, 0.2) is 0 Å². The molecule has 0 radical (unpaired) electrons. The van der Waals surface area contributed by atoms with Gasteiger partial charge in [0.2, 0.25) is 0 Å². The summed E-state index contributed by atoms with van der Waals surface area (Å²) in [6.07, 6.45) is 5.69. The number of nitrogens with zero attached hydrogens (tertiary/aromatic N) is 2. The fourth-order valence-corrected chi connectivity index (χ4v) is 4.47. The van der Waals surface area contributed by atoms with Gasteiger partial charge >= 0.3 is 0 Å². The van der Waals surface area contributed by atoms with Crippen LogP contribution in [0.3, 0.4) is 0 Å². The van der Waals surface area contributed by atoms with Crippen molar-refractivity contribution in [3.05, 3.63) is 64.7 Å². The first-order valence-corrected chi connectivity index (χ1v) is 11.0. The van der Waals surface area contributed by atoms with E-state index in [0.717, 1.165) is 62.4 Å². The Morgan fingerprint density at radius 3 is 2.45 bits per heavy atom. The molecule has 0 saturated carbocycles. The summed E-state index contributed by atoms with van der Waals surface area (Å²) < 4.78 is 6.13. The van der Waals surface area contributed by atoms with E-state index in [1.807, 2.05) is 24.0 Å². The number of ether oxygens (including phenoxy) is 1. The number of aryl methyl sites for hydroxylation is 1. The molecule has 2 saturated heterocycles. The minimum Gasteiger partial charge on any atom is -0.492 e. The number of benzene rings is 2. The van der Waals surface area contributed by atoms with E-state index in [4.69, 9.17) is 4.74 Å². The first-order valence-electron chi connectivity index (χ1n) is 11.0. The molecular weight excluding hydrogens is 360 g/mol. The van der Waals surface area contributed by atoms with E-state index in [0.29, 0.717) is 0 Å². The second-order valence-corrected chi connectivity index (χ2v) is 8.33. The van der Waals surface area contributed by atoms with Crippen molar-refractivity contribution < 1.29 is 9.53 Å². The normalized spacial score (nSPS) is 17.1. The lowest BCUT2D eigenvalue weighted by atomic mass is 9.99. The lowest BCUT2D eigenvalue weighted by molar-refractivity contribution is 0.0792. The molecule has 2 aromatic carbocycles. The molecule has 4 rings (SSSR count). The van der Waals surface area contributed by atoms with Crippen LogP contribution in [0.15, 0.2) is 42.5 Å². The molecule has 1 amide bonds.